The molecule has 0 atom stereocenters. The Balaban J connectivity index is 0.000000253. The summed E-state index contributed by atoms with van der Waals surface area (Å²) in [7, 11) is 0. The minimum absolute atomic E-state index is 0. The van der Waals surface area contributed by atoms with Crippen LogP contribution in [-0.4, -0.2) is 44.4 Å². The fourth-order valence-corrected chi connectivity index (χ4v) is 2.62. The van der Waals surface area contributed by atoms with E-state index >= 15 is 0 Å². The normalized spacial score (nSPS) is 11.6. The van der Waals surface area contributed by atoms with Crippen LogP contribution >= 0.6 is 0 Å². The third kappa shape index (κ3) is 10.3. The molecule has 0 spiro atoms. The largest absolute Gasteiger partial charge is 0.577 e. The van der Waals surface area contributed by atoms with Gasteiger partial charge in [0.05, 0.1) is 23.6 Å². The third-order valence-electron chi connectivity index (χ3n) is 4.33. The average molecular weight is 547 g/mol. The summed E-state index contributed by atoms with van der Waals surface area (Å²) < 4.78 is 25.8. The molecule has 11 heteroatoms. The smallest absolute Gasteiger partial charge is 0.383 e. The molecule has 190 valence electrons. The van der Waals surface area contributed by atoms with Crippen LogP contribution in [0.5, 0.6) is 0 Å². The van der Waals surface area contributed by atoms with Crippen LogP contribution in [-0.2, 0) is 16.5 Å². The zero-order valence-corrected chi connectivity index (χ0v) is 20.1. The molecule has 0 saturated carbocycles. The van der Waals surface area contributed by atoms with E-state index in [1.807, 2.05) is 0 Å². The second kappa shape index (κ2) is 15.4. The topological polar surface area (TPSA) is 121 Å². The maximum Gasteiger partial charge on any atom is 0.383 e. The first-order valence-electron chi connectivity index (χ1n) is 10.5. The van der Waals surface area contributed by atoms with Gasteiger partial charge in [-0.2, -0.15) is 10.2 Å². The molecule has 0 amide bonds. The molecule has 0 unspecified atom stereocenters. The number of aromatic nitrogens is 2. The van der Waals surface area contributed by atoms with Gasteiger partial charge >= 0.3 is 11.8 Å². The number of rotatable bonds is 6. The van der Waals surface area contributed by atoms with Crippen molar-refractivity contribution >= 4 is 24.2 Å². The fourth-order valence-electron chi connectivity index (χ4n) is 2.62. The molecule has 2 heterocycles. The molecule has 0 aliphatic carbocycles. The van der Waals surface area contributed by atoms with Gasteiger partial charge in [0.15, 0.2) is 0 Å². The minimum atomic E-state index is -0.330. The molecular weight excluding hydrogens is 525 g/mol. The number of hydrogen-bond acceptors (Lipinski definition) is 6. The molecule has 0 bridgehead atoms. The van der Waals surface area contributed by atoms with E-state index < -0.39 is 0 Å². The summed E-state index contributed by atoms with van der Waals surface area (Å²) in [5, 5.41) is 30.2. The van der Waals surface area contributed by atoms with Crippen molar-refractivity contribution in [3.63, 3.8) is 0 Å². The van der Waals surface area contributed by atoms with E-state index in [0.29, 0.717) is 22.3 Å². The van der Waals surface area contributed by atoms with Gasteiger partial charge in [0.25, 0.3) is 0 Å². The molecule has 8 nitrogen and oxygen atoms in total. The molecule has 0 aliphatic heterocycles. The third-order valence-corrected chi connectivity index (χ3v) is 4.33. The summed E-state index contributed by atoms with van der Waals surface area (Å²) in [4.78, 5) is 7.69. The Kier molecular flexibility index (Phi) is 11.9. The average Bonchev–Trinajstić information content (AvgIpc) is 2.90. The summed E-state index contributed by atoms with van der Waals surface area (Å²) in [5.74, 6) is -0.596. The summed E-state index contributed by atoms with van der Waals surface area (Å²) in [6.07, 6.45) is 9.12. The zero-order valence-electron chi connectivity index (χ0n) is 19.1. The number of hydrogen-bond donors (Lipinski definition) is 0. The predicted octanol–water partition coefficient (Wildman–Crippen LogP) is 3.45. The SMILES string of the molecule is [Ni].[OH2+]/C(=N\N=C/c1cccc(F)c1)c1ccncc1.[OH2+]/C(=N\N=C/c1cccc(F)c1)c1ccncc1. The van der Waals surface area contributed by atoms with Gasteiger partial charge in [-0.1, -0.05) is 34.5 Å². The van der Waals surface area contributed by atoms with E-state index in [0.717, 1.165) is 0 Å². The second-order valence-corrected chi connectivity index (χ2v) is 6.97. The molecule has 0 radical (unpaired) electrons. The predicted molar refractivity (Wildman–Crippen MR) is 137 cm³/mol. The first-order chi connectivity index (χ1) is 17.5. The van der Waals surface area contributed by atoms with Gasteiger partial charge in [0.1, 0.15) is 11.6 Å². The van der Waals surface area contributed by atoms with E-state index in [-0.39, 0.29) is 39.9 Å². The van der Waals surface area contributed by atoms with Crippen LogP contribution in [0.15, 0.2) is 118 Å². The zero-order chi connectivity index (χ0) is 25.6. The summed E-state index contributed by atoms with van der Waals surface area (Å²) in [5.41, 5.74) is 2.45. The fraction of sp³-hybridized carbons (Fsp3) is 0. The standard InChI is InChI=1S/2C13H10FN3O.Ni/c2*14-12-3-1-2-10(8-12)9-16-17-13(18)11-4-6-15-7-5-11;/h2*1-9H,(H,17,18);/p+2/b2*16-9-;. The Labute approximate surface area is 221 Å². The van der Waals surface area contributed by atoms with Crippen LogP contribution in [0, 0.1) is 11.6 Å². The molecular formula is C26H22F2N6NiO2+2. The van der Waals surface area contributed by atoms with Crippen molar-refractivity contribution in [1.29, 1.82) is 0 Å². The van der Waals surface area contributed by atoms with Gasteiger partial charge in [-0.25, -0.2) is 8.78 Å². The number of halogens is 2. The van der Waals surface area contributed by atoms with Crippen molar-refractivity contribution < 1.29 is 35.5 Å². The molecule has 4 aromatic rings. The van der Waals surface area contributed by atoms with Crippen LogP contribution < -0.4 is 0 Å². The van der Waals surface area contributed by atoms with Crippen LogP contribution in [0.1, 0.15) is 22.3 Å². The van der Waals surface area contributed by atoms with Crippen LogP contribution in [0.4, 0.5) is 8.78 Å². The molecule has 4 N–H and O–H groups in total. The molecule has 4 rings (SSSR count). The number of benzene rings is 2. The summed E-state index contributed by atoms with van der Waals surface area (Å²) in [6.45, 7) is 0. The van der Waals surface area contributed by atoms with Gasteiger partial charge in [0.2, 0.25) is 0 Å². The Morgan fingerprint density at radius 3 is 1.35 bits per heavy atom. The van der Waals surface area contributed by atoms with Crippen LogP contribution in [0.25, 0.3) is 0 Å². The first kappa shape index (κ1) is 28.6. The maximum absolute atomic E-state index is 12.9. The molecule has 0 saturated heterocycles. The number of pyridine rings is 2. The maximum atomic E-state index is 12.9. The van der Waals surface area contributed by atoms with Crippen LogP contribution in [0.3, 0.4) is 0 Å². The first-order valence-corrected chi connectivity index (χ1v) is 10.5. The minimum Gasteiger partial charge on any atom is -0.577 e. The van der Waals surface area contributed by atoms with Gasteiger partial charge < -0.3 is 10.2 Å². The van der Waals surface area contributed by atoms with Crippen LogP contribution in [0.2, 0.25) is 0 Å². The van der Waals surface area contributed by atoms with E-state index in [1.165, 1.54) is 36.7 Å². The number of nitrogens with zero attached hydrogens (tertiary/aromatic N) is 6. The van der Waals surface area contributed by atoms with Crippen molar-refractivity contribution in [1.82, 2.24) is 9.97 Å². The van der Waals surface area contributed by atoms with E-state index in [4.69, 9.17) is 10.2 Å². The van der Waals surface area contributed by atoms with Gasteiger partial charge in [-0.15, -0.1) is 0 Å². The van der Waals surface area contributed by atoms with E-state index in [9.17, 15) is 8.78 Å². The Morgan fingerprint density at radius 2 is 1.00 bits per heavy atom. The van der Waals surface area contributed by atoms with Gasteiger partial charge in [-0.05, 0) is 59.7 Å². The summed E-state index contributed by atoms with van der Waals surface area (Å²) in [6, 6.07) is 18.7. The second-order valence-electron chi connectivity index (χ2n) is 6.97. The van der Waals surface area contributed by atoms with Crippen molar-refractivity contribution in [2.24, 2.45) is 20.4 Å². The summed E-state index contributed by atoms with van der Waals surface area (Å²) >= 11 is 0. The molecule has 0 aliphatic rings. The van der Waals surface area contributed by atoms with Gasteiger partial charge in [-0.3, -0.25) is 9.97 Å². The molecule has 37 heavy (non-hydrogen) atoms. The molecule has 2 aromatic carbocycles. The van der Waals surface area contributed by atoms with Gasteiger partial charge in [0, 0.05) is 41.3 Å². The van der Waals surface area contributed by atoms with Crippen molar-refractivity contribution in [2.75, 3.05) is 0 Å². The molecule has 2 aromatic heterocycles. The quantitative estimate of drug-likeness (QED) is 0.121. The Hall–Kier alpha value is -4.63. The monoisotopic (exact) mass is 546 g/mol. The van der Waals surface area contributed by atoms with Crippen molar-refractivity contribution in [3.05, 3.63) is 131 Å². The Bertz CT molecular complexity index is 1280. The van der Waals surface area contributed by atoms with E-state index in [2.05, 4.69) is 30.4 Å². The Morgan fingerprint density at radius 1 is 0.622 bits per heavy atom. The van der Waals surface area contributed by atoms with Crippen molar-refractivity contribution in [3.8, 4) is 0 Å². The van der Waals surface area contributed by atoms with E-state index in [1.54, 1.807) is 73.3 Å². The van der Waals surface area contributed by atoms with Crippen molar-refractivity contribution in [2.45, 2.75) is 0 Å². The molecule has 0 fully saturated rings.